The summed E-state index contributed by atoms with van der Waals surface area (Å²) in [6.45, 7) is 0. The number of rotatable bonds is 5. The van der Waals surface area contributed by atoms with E-state index in [0.29, 0.717) is 22.2 Å². The SMILES string of the molecule is COc1ccc(OC)c(S(=O)(=O)Cc2cnc3ccc(O)cc3c2)c1. The van der Waals surface area contributed by atoms with Crippen molar-refractivity contribution >= 4 is 20.7 Å². The van der Waals surface area contributed by atoms with Gasteiger partial charge in [0, 0.05) is 17.6 Å². The number of methoxy groups -OCH3 is 2. The molecule has 1 aromatic heterocycles. The highest BCUT2D eigenvalue weighted by Gasteiger charge is 2.21. The van der Waals surface area contributed by atoms with Crippen molar-refractivity contribution in [1.29, 1.82) is 0 Å². The van der Waals surface area contributed by atoms with Crippen molar-refractivity contribution in [2.24, 2.45) is 0 Å². The number of phenols is 1. The summed E-state index contributed by atoms with van der Waals surface area (Å²) in [6.07, 6.45) is 1.52. The van der Waals surface area contributed by atoms with Gasteiger partial charge in [0.25, 0.3) is 0 Å². The van der Waals surface area contributed by atoms with E-state index in [1.165, 1.54) is 32.5 Å². The molecule has 0 saturated heterocycles. The number of fused-ring (bicyclic) bond motifs is 1. The summed E-state index contributed by atoms with van der Waals surface area (Å²) in [5, 5.41) is 10.3. The maximum Gasteiger partial charge on any atom is 0.186 e. The van der Waals surface area contributed by atoms with Crippen molar-refractivity contribution in [2.45, 2.75) is 10.6 Å². The molecule has 0 spiro atoms. The Bertz CT molecular complexity index is 1030. The monoisotopic (exact) mass is 359 g/mol. The molecular weight excluding hydrogens is 342 g/mol. The average molecular weight is 359 g/mol. The number of pyridine rings is 1. The fraction of sp³-hybridized carbons (Fsp3) is 0.167. The van der Waals surface area contributed by atoms with Crippen LogP contribution in [0.2, 0.25) is 0 Å². The molecule has 130 valence electrons. The molecule has 0 radical (unpaired) electrons. The summed E-state index contributed by atoms with van der Waals surface area (Å²) in [6, 6.07) is 11.1. The van der Waals surface area contributed by atoms with E-state index in [4.69, 9.17) is 9.47 Å². The van der Waals surface area contributed by atoms with Gasteiger partial charge in [-0.05, 0) is 42.0 Å². The van der Waals surface area contributed by atoms with Crippen LogP contribution in [0.1, 0.15) is 5.56 Å². The zero-order valence-corrected chi connectivity index (χ0v) is 14.6. The first-order chi connectivity index (χ1) is 11.9. The average Bonchev–Trinajstić information content (AvgIpc) is 2.60. The number of ether oxygens (including phenoxy) is 2. The van der Waals surface area contributed by atoms with Crippen LogP contribution in [0.25, 0.3) is 10.9 Å². The zero-order chi connectivity index (χ0) is 18.0. The Morgan fingerprint density at radius 3 is 2.56 bits per heavy atom. The molecule has 0 fully saturated rings. The van der Waals surface area contributed by atoms with Gasteiger partial charge < -0.3 is 14.6 Å². The Balaban J connectivity index is 2.01. The maximum absolute atomic E-state index is 12.8. The highest BCUT2D eigenvalue weighted by molar-refractivity contribution is 7.90. The summed E-state index contributed by atoms with van der Waals surface area (Å²) >= 11 is 0. The molecule has 7 heteroatoms. The molecule has 0 saturated carbocycles. The Morgan fingerprint density at radius 1 is 1.04 bits per heavy atom. The third-order valence-electron chi connectivity index (χ3n) is 3.78. The van der Waals surface area contributed by atoms with E-state index in [1.807, 2.05) is 0 Å². The van der Waals surface area contributed by atoms with Gasteiger partial charge in [-0.15, -0.1) is 0 Å². The molecule has 0 aliphatic carbocycles. The van der Waals surface area contributed by atoms with Crippen LogP contribution >= 0.6 is 0 Å². The Morgan fingerprint density at radius 2 is 1.84 bits per heavy atom. The molecule has 25 heavy (non-hydrogen) atoms. The van der Waals surface area contributed by atoms with Gasteiger partial charge in [-0.1, -0.05) is 0 Å². The maximum atomic E-state index is 12.8. The Hall–Kier alpha value is -2.80. The van der Waals surface area contributed by atoms with Crippen molar-refractivity contribution < 1.29 is 23.0 Å². The van der Waals surface area contributed by atoms with E-state index in [1.54, 1.807) is 30.3 Å². The number of hydrogen-bond donors (Lipinski definition) is 1. The van der Waals surface area contributed by atoms with E-state index in [0.717, 1.165) is 0 Å². The predicted octanol–water partition coefficient (Wildman–Crippen LogP) is 2.93. The normalized spacial score (nSPS) is 11.4. The van der Waals surface area contributed by atoms with Crippen molar-refractivity contribution in [3.63, 3.8) is 0 Å². The smallest absolute Gasteiger partial charge is 0.186 e. The molecule has 6 nitrogen and oxygen atoms in total. The first-order valence-electron chi connectivity index (χ1n) is 7.45. The number of hydrogen-bond acceptors (Lipinski definition) is 6. The standard InChI is InChI=1S/C18H17NO5S/c1-23-15-4-6-17(24-2)18(9-15)25(21,22)11-12-7-13-8-14(20)3-5-16(13)19-10-12/h3-10,20H,11H2,1-2H3. The Kier molecular flexibility index (Phi) is 4.50. The summed E-state index contributed by atoms with van der Waals surface area (Å²) in [4.78, 5) is 4.31. The largest absolute Gasteiger partial charge is 0.508 e. The van der Waals surface area contributed by atoms with Gasteiger partial charge in [-0.25, -0.2) is 8.42 Å². The molecule has 1 heterocycles. The molecule has 0 aliphatic rings. The molecule has 1 N–H and O–H groups in total. The minimum Gasteiger partial charge on any atom is -0.508 e. The summed E-state index contributed by atoms with van der Waals surface area (Å²) in [5.41, 5.74) is 1.20. The van der Waals surface area contributed by atoms with E-state index in [9.17, 15) is 13.5 Å². The second-order valence-corrected chi connectivity index (χ2v) is 7.45. The fourth-order valence-corrected chi connectivity index (χ4v) is 4.07. The number of aromatic nitrogens is 1. The highest BCUT2D eigenvalue weighted by Crippen LogP contribution is 2.31. The first kappa shape index (κ1) is 17.0. The zero-order valence-electron chi connectivity index (χ0n) is 13.8. The third kappa shape index (κ3) is 3.51. The quantitative estimate of drug-likeness (QED) is 0.754. The molecule has 3 aromatic rings. The van der Waals surface area contributed by atoms with Gasteiger partial charge in [-0.3, -0.25) is 4.98 Å². The topological polar surface area (TPSA) is 85.7 Å². The minimum atomic E-state index is -3.67. The molecule has 0 amide bonds. The molecule has 0 unspecified atom stereocenters. The van der Waals surface area contributed by atoms with Crippen molar-refractivity contribution in [1.82, 2.24) is 4.98 Å². The van der Waals surface area contributed by atoms with E-state index in [-0.39, 0.29) is 22.1 Å². The molecule has 2 aromatic carbocycles. The van der Waals surface area contributed by atoms with E-state index in [2.05, 4.69) is 4.98 Å². The van der Waals surface area contributed by atoms with E-state index < -0.39 is 9.84 Å². The second-order valence-electron chi connectivity index (χ2n) is 5.50. The van der Waals surface area contributed by atoms with Gasteiger partial charge in [0.2, 0.25) is 0 Å². The molecule has 3 rings (SSSR count). The molecule has 0 aliphatic heterocycles. The fourth-order valence-electron chi connectivity index (χ4n) is 2.57. The van der Waals surface area contributed by atoms with Crippen LogP contribution in [-0.4, -0.2) is 32.7 Å². The van der Waals surface area contributed by atoms with Gasteiger partial charge in [0.15, 0.2) is 9.84 Å². The van der Waals surface area contributed by atoms with Gasteiger partial charge in [0.1, 0.15) is 22.1 Å². The summed E-state index contributed by atoms with van der Waals surface area (Å²) < 4.78 is 36.0. The lowest BCUT2D eigenvalue weighted by molar-refractivity contribution is 0.392. The van der Waals surface area contributed by atoms with Crippen molar-refractivity contribution in [3.8, 4) is 17.2 Å². The highest BCUT2D eigenvalue weighted by atomic mass is 32.2. The van der Waals surface area contributed by atoms with Crippen LogP contribution in [0.15, 0.2) is 53.6 Å². The van der Waals surface area contributed by atoms with Gasteiger partial charge in [0.05, 0.1) is 25.5 Å². The van der Waals surface area contributed by atoms with E-state index >= 15 is 0 Å². The lowest BCUT2D eigenvalue weighted by atomic mass is 10.2. The summed E-state index contributed by atoms with van der Waals surface area (Å²) in [7, 11) is -0.787. The lowest BCUT2D eigenvalue weighted by Gasteiger charge is -2.11. The van der Waals surface area contributed by atoms with Gasteiger partial charge in [-0.2, -0.15) is 0 Å². The van der Waals surface area contributed by atoms with Crippen LogP contribution in [-0.2, 0) is 15.6 Å². The number of aromatic hydroxyl groups is 1. The number of nitrogens with zero attached hydrogens (tertiary/aromatic N) is 1. The van der Waals surface area contributed by atoms with Crippen LogP contribution in [0.4, 0.5) is 0 Å². The van der Waals surface area contributed by atoms with Crippen LogP contribution < -0.4 is 9.47 Å². The Labute approximate surface area is 145 Å². The van der Waals surface area contributed by atoms with Crippen molar-refractivity contribution in [2.75, 3.05) is 14.2 Å². The van der Waals surface area contributed by atoms with Crippen molar-refractivity contribution in [3.05, 3.63) is 54.2 Å². The number of benzene rings is 2. The molecular formula is C18H17NO5S. The van der Waals surface area contributed by atoms with Crippen LogP contribution in [0.3, 0.4) is 0 Å². The van der Waals surface area contributed by atoms with Gasteiger partial charge >= 0.3 is 0 Å². The second kappa shape index (κ2) is 6.60. The van der Waals surface area contributed by atoms with Crippen LogP contribution in [0, 0.1) is 0 Å². The third-order valence-corrected chi connectivity index (χ3v) is 5.49. The summed E-state index contributed by atoms with van der Waals surface area (Å²) in [5.74, 6) is 0.548. The first-order valence-corrected chi connectivity index (χ1v) is 9.10. The number of sulfone groups is 1. The lowest BCUT2D eigenvalue weighted by Crippen LogP contribution is -2.07. The van der Waals surface area contributed by atoms with Crippen LogP contribution in [0.5, 0.6) is 17.2 Å². The predicted molar refractivity (Wildman–Crippen MR) is 93.8 cm³/mol. The molecule has 0 bridgehead atoms. The molecule has 0 atom stereocenters. The number of phenolic OH excluding ortho intramolecular Hbond substituents is 1. The minimum absolute atomic E-state index is 0.0605.